The highest BCUT2D eigenvalue weighted by molar-refractivity contribution is 8.18. The Bertz CT molecular complexity index is 1290. The molecule has 2 amide bonds. The SMILES string of the molecule is Cc1ccc(C=C2SC(=O)N(CCN=Cc3c(O)oc(=O)c4ccccc34)C2=O)cc1. The van der Waals surface area contributed by atoms with Gasteiger partial charge in [-0.15, -0.1) is 0 Å². The van der Waals surface area contributed by atoms with E-state index in [-0.39, 0.29) is 29.8 Å². The highest BCUT2D eigenvalue weighted by atomic mass is 32.2. The lowest BCUT2D eigenvalue weighted by molar-refractivity contribution is -0.122. The number of benzene rings is 2. The summed E-state index contributed by atoms with van der Waals surface area (Å²) in [6.45, 7) is 2.22. The Morgan fingerprint density at radius 3 is 2.52 bits per heavy atom. The van der Waals surface area contributed by atoms with Gasteiger partial charge in [-0.3, -0.25) is 19.5 Å². The third kappa shape index (κ3) is 4.29. The summed E-state index contributed by atoms with van der Waals surface area (Å²) in [5.41, 5.74) is 1.59. The average molecular weight is 434 g/mol. The Hall–Kier alpha value is -3.65. The fraction of sp³-hybridized carbons (Fsp3) is 0.130. The lowest BCUT2D eigenvalue weighted by Gasteiger charge is -2.10. The Morgan fingerprint density at radius 1 is 1.06 bits per heavy atom. The largest absolute Gasteiger partial charge is 0.480 e. The van der Waals surface area contributed by atoms with Crippen LogP contribution in [0.5, 0.6) is 5.95 Å². The molecular formula is C23H18N2O5S. The molecule has 2 aromatic carbocycles. The molecule has 1 aromatic heterocycles. The molecule has 3 aromatic rings. The van der Waals surface area contributed by atoms with Gasteiger partial charge in [0.1, 0.15) is 0 Å². The van der Waals surface area contributed by atoms with Crippen LogP contribution in [0.3, 0.4) is 0 Å². The molecule has 1 aliphatic heterocycles. The van der Waals surface area contributed by atoms with E-state index in [1.165, 1.54) is 6.21 Å². The van der Waals surface area contributed by atoms with Crippen molar-refractivity contribution in [1.82, 2.24) is 4.90 Å². The van der Waals surface area contributed by atoms with Crippen LogP contribution in [-0.4, -0.2) is 40.5 Å². The zero-order valence-electron chi connectivity index (χ0n) is 16.6. The first-order valence-corrected chi connectivity index (χ1v) is 10.3. The van der Waals surface area contributed by atoms with Crippen LogP contribution in [0.1, 0.15) is 16.7 Å². The summed E-state index contributed by atoms with van der Waals surface area (Å²) in [5.74, 6) is -0.885. The van der Waals surface area contributed by atoms with E-state index >= 15 is 0 Å². The first kappa shape index (κ1) is 20.6. The normalized spacial score (nSPS) is 15.6. The maximum absolute atomic E-state index is 12.6. The zero-order valence-corrected chi connectivity index (χ0v) is 17.4. The maximum atomic E-state index is 12.6. The molecule has 0 atom stereocenters. The van der Waals surface area contributed by atoms with Crippen molar-refractivity contribution in [3.63, 3.8) is 0 Å². The molecular weight excluding hydrogens is 416 g/mol. The van der Waals surface area contributed by atoms with Gasteiger partial charge in [-0.2, -0.15) is 0 Å². The number of imide groups is 1. The van der Waals surface area contributed by atoms with Crippen LogP contribution in [-0.2, 0) is 4.79 Å². The molecule has 0 unspecified atom stereocenters. The smallest absolute Gasteiger partial charge is 0.346 e. The summed E-state index contributed by atoms with van der Waals surface area (Å²) in [7, 11) is 0. The number of aromatic hydroxyl groups is 1. The van der Waals surface area contributed by atoms with E-state index in [2.05, 4.69) is 4.99 Å². The van der Waals surface area contributed by atoms with Crippen LogP contribution in [0.2, 0.25) is 0 Å². The predicted octanol–water partition coefficient (Wildman–Crippen LogP) is 3.96. The molecule has 31 heavy (non-hydrogen) atoms. The van der Waals surface area contributed by atoms with E-state index in [0.717, 1.165) is 27.8 Å². The summed E-state index contributed by atoms with van der Waals surface area (Å²) >= 11 is 0.898. The Labute approximate surface area is 181 Å². The molecule has 0 spiro atoms. The zero-order chi connectivity index (χ0) is 22.0. The van der Waals surface area contributed by atoms with Crippen molar-refractivity contribution < 1.29 is 19.1 Å². The third-order valence-corrected chi connectivity index (χ3v) is 5.69. The lowest BCUT2D eigenvalue weighted by Crippen LogP contribution is -2.30. The van der Waals surface area contributed by atoms with E-state index in [0.29, 0.717) is 15.7 Å². The molecule has 2 heterocycles. The molecule has 1 saturated heterocycles. The molecule has 0 bridgehead atoms. The molecule has 4 rings (SSSR count). The minimum atomic E-state index is -0.636. The second-order valence-corrected chi connectivity index (χ2v) is 7.93. The summed E-state index contributed by atoms with van der Waals surface area (Å²) in [5, 5.41) is 10.5. The molecule has 156 valence electrons. The number of aliphatic imine (C=N–C) groups is 1. The number of nitrogens with zero attached hydrogens (tertiary/aromatic N) is 2. The van der Waals surface area contributed by atoms with Crippen molar-refractivity contribution in [3.8, 4) is 5.95 Å². The molecule has 0 aliphatic carbocycles. The molecule has 1 fully saturated rings. The first-order valence-electron chi connectivity index (χ1n) is 9.51. The number of aryl methyl sites for hydroxylation is 1. The minimum absolute atomic E-state index is 0.0991. The lowest BCUT2D eigenvalue weighted by atomic mass is 10.1. The van der Waals surface area contributed by atoms with Gasteiger partial charge in [0.2, 0.25) is 0 Å². The number of rotatable bonds is 5. The van der Waals surface area contributed by atoms with Crippen LogP contribution in [0.25, 0.3) is 16.8 Å². The van der Waals surface area contributed by atoms with E-state index < -0.39 is 11.6 Å². The Morgan fingerprint density at radius 2 is 1.77 bits per heavy atom. The van der Waals surface area contributed by atoms with Gasteiger partial charge in [0.05, 0.1) is 22.4 Å². The molecule has 0 saturated carbocycles. The van der Waals surface area contributed by atoms with Gasteiger partial charge >= 0.3 is 5.63 Å². The fourth-order valence-corrected chi connectivity index (χ4v) is 4.02. The predicted molar refractivity (Wildman–Crippen MR) is 120 cm³/mol. The van der Waals surface area contributed by atoms with E-state index in [9.17, 15) is 19.5 Å². The first-order chi connectivity index (χ1) is 14.9. The number of carbonyl (C=O) groups excluding carboxylic acids is 2. The average Bonchev–Trinajstić information content (AvgIpc) is 3.02. The van der Waals surface area contributed by atoms with Crippen LogP contribution in [0.15, 0.2) is 67.6 Å². The molecule has 1 aliphatic rings. The van der Waals surface area contributed by atoms with Gasteiger partial charge in [0.25, 0.3) is 17.1 Å². The second-order valence-electron chi connectivity index (χ2n) is 6.93. The van der Waals surface area contributed by atoms with Gasteiger partial charge in [-0.05, 0) is 36.4 Å². The molecule has 7 nitrogen and oxygen atoms in total. The summed E-state index contributed by atoms with van der Waals surface area (Å²) in [6, 6.07) is 14.4. The Balaban J connectivity index is 1.47. The number of hydrogen-bond acceptors (Lipinski definition) is 7. The fourth-order valence-electron chi connectivity index (χ4n) is 3.15. The van der Waals surface area contributed by atoms with Crippen LogP contribution < -0.4 is 5.63 Å². The van der Waals surface area contributed by atoms with Gasteiger partial charge < -0.3 is 9.52 Å². The summed E-state index contributed by atoms with van der Waals surface area (Å²) in [6.07, 6.45) is 3.07. The Kier molecular flexibility index (Phi) is 5.73. The highest BCUT2D eigenvalue weighted by Gasteiger charge is 2.34. The van der Waals surface area contributed by atoms with E-state index in [1.54, 1.807) is 30.3 Å². The van der Waals surface area contributed by atoms with Crippen molar-refractivity contribution in [2.24, 2.45) is 4.99 Å². The van der Waals surface area contributed by atoms with Gasteiger partial charge in [0, 0.05) is 18.1 Å². The topological polar surface area (TPSA) is 100 Å². The quantitative estimate of drug-likeness (QED) is 0.482. The van der Waals surface area contributed by atoms with Crippen molar-refractivity contribution >= 4 is 46.0 Å². The van der Waals surface area contributed by atoms with Crippen LogP contribution in [0, 0.1) is 6.92 Å². The minimum Gasteiger partial charge on any atom is -0.480 e. The molecule has 8 heteroatoms. The van der Waals surface area contributed by atoms with Gasteiger partial charge in [-0.1, -0.05) is 48.0 Å². The number of fused-ring (bicyclic) bond motifs is 1. The third-order valence-electron chi connectivity index (χ3n) is 4.78. The van der Waals surface area contributed by atoms with Crippen molar-refractivity contribution in [1.29, 1.82) is 0 Å². The van der Waals surface area contributed by atoms with E-state index in [4.69, 9.17) is 4.42 Å². The maximum Gasteiger partial charge on any atom is 0.346 e. The van der Waals surface area contributed by atoms with Crippen molar-refractivity contribution in [3.05, 3.63) is 80.5 Å². The summed E-state index contributed by atoms with van der Waals surface area (Å²) in [4.78, 5) is 42.4. The van der Waals surface area contributed by atoms with Crippen molar-refractivity contribution in [2.45, 2.75) is 6.92 Å². The molecule has 0 radical (unpaired) electrons. The standard InChI is InChI=1S/C23H18N2O5S/c1-14-6-8-15(9-7-14)12-19-20(26)25(23(29)31-19)11-10-24-13-18-16-4-2-3-5-17(16)21(27)30-22(18)28/h2-9,12-13,28H,10-11H2,1H3. The number of hydrogen-bond donors (Lipinski definition) is 1. The number of carbonyl (C=O) groups is 2. The molecule has 1 N–H and O–H groups in total. The van der Waals surface area contributed by atoms with Gasteiger partial charge in [0.15, 0.2) is 0 Å². The van der Waals surface area contributed by atoms with Crippen LogP contribution >= 0.6 is 11.8 Å². The monoisotopic (exact) mass is 434 g/mol. The summed E-state index contributed by atoms with van der Waals surface area (Å²) < 4.78 is 4.84. The number of amides is 2. The van der Waals surface area contributed by atoms with E-state index in [1.807, 2.05) is 31.2 Å². The van der Waals surface area contributed by atoms with Crippen molar-refractivity contribution in [2.75, 3.05) is 13.1 Å². The van der Waals surface area contributed by atoms with Gasteiger partial charge in [-0.25, -0.2) is 4.79 Å². The number of thioether (sulfide) groups is 1. The van der Waals surface area contributed by atoms with Crippen LogP contribution in [0.4, 0.5) is 4.79 Å². The highest BCUT2D eigenvalue weighted by Crippen LogP contribution is 2.32. The second kappa shape index (κ2) is 8.61.